The molecule has 1 unspecified atom stereocenters. The van der Waals surface area contributed by atoms with Crippen LogP contribution in [0.2, 0.25) is 0 Å². The number of alkyl halides is 3. The molecule has 0 spiro atoms. The maximum atomic E-state index is 12.8. The summed E-state index contributed by atoms with van der Waals surface area (Å²) in [6.45, 7) is 3.43. The highest BCUT2D eigenvalue weighted by Crippen LogP contribution is 2.36. The number of aliphatic hydroxyl groups excluding tert-OH is 1. The van der Waals surface area contributed by atoms with Gasteiger partial charge in [-0.05, 0) is 25.5 Å². The Labute approximate surface area is 104 Å². The zero-order valence-corrected chi connectivity index (χ0v) is 10.6. The van der Waals surface area contributed by atoms with Crippen LogP contribution in [0.4, 0.5) is 13.2 Å². The summed E-state index contributed by atoms with van der Waals surface area (Å²) in [5.41, 5.74) is -1.60. The maximum Gasteiger partial charge on any atom is 0.416 e. The number of methoxy groups -OCH3 is 1. The molecule has 18 heavy (non-hydrogen) atoms. The predicted molar refractivity (Wildman–Crippen MR) is 62.1 cm³/mol. The van der Waals surface area contributed by atoms with E-state index in [1.165, 1.54) is 25.3 Å². The molecule has 2 nitrogen and oxygen atoms in total. The van der Waals surface area contributed by atoms with Gasteiger partial charge in [-0.3, -0.25) is 0 Å². The van der Waals surface area contributed by atoms with Gasteiger partial charge in [-0.1, -0.05) is 18.2 Å². The van der Waals surface area contributed by atoms with Gasteiger partial charge in [-0.2, -0.15) is 13.2 Å². The maximum absolute atomic E-state index is 12.8. The standard InChI is InChI=1S/C13H17F3O2/c1-12(2,18-3)8-11(17)9-6-4-5-7-10(9)13(14,15)16/h4-7,11,17H,8H2,1-3H3. The van der Waals surface area contributed by atoms with Crippen molar-refractivity contribution in [3.05, 3.63) is 35.4 Å². The molecule has 0 aliphatic rings. The summed E-state index contributed by atoms with van der Waals surface area (Å²) in [6.07, 6.45) is -5.58. The van der Waals surface area contributed by atoms with Crippen molar-refractivity contribution >= 4 is 0 Å². The van der Waals surface area contributed by atoms with Gasteiger partial charge in [0.1, 0.15) is 0 Å². The van der Waals surface area contributed by atoms with Crippen molar-refractivity contribution in [1.82, 2.24) is 0 Å². The van der Waals surface area contributed by atoms with E-state index < -0.39 is 23.4 Å². The predicted octanol–water partition coefficient (Wildman–Crippen LogP) is 3.55. The van der Waals surface area contributed by atoms with Crippen molar-refractivity contribution in [3.63, 3.8) is 0 Å². The van der Waals surface area contributed by atoms with E-state index >= 15 is 0 Å². The number of hydrogen-bond donors (Lipinski definition) is 1. The third-order valence-electron chi connectivity index (χ3n) is 2.86. The molecule has 0 saturated heterocycles. The first-order chi connectivity index (χ1) is 8.17. The molecule has 102 valence electrons. The van der Waals surface area contributed by atoms with Crippen molar-refractivity contribution in [3.8, 4) is 0 Å². The summed E-state index contributed by atoms with van der Waals surface area (Å²) in [4.78, 5) is 0. The Balaban J connectivity index is 3.03. The van der Waals surface area contributed by atoms with Gasteiger partial charge in [0, 0.05) is 13.5 Å². The number of ether oxygens (including phenoxy) is 1. The second-order valence-electron chi connectivity index (χ2n) is 4.77. The van der Waals surface area contributed by atoms with E-state index in [0.29, 0.717) is 0 Å². The molecule has 0 aliphatic carbocycles. The molecule has 0 amide bonds. The molecule has 5 heteroatoms. The van der Waals surface area contributed by atoms with Crippen molar-refractivity contribution in [2.75, 3.05) is 7.11 Å². The smallest absolute Gasteiger partial charge is 0.388 e. The van der Waals surface area contributed by atoms with E-state index in [1.807, 2.05) is 0 Å². The van der Waals surface area contributed by atoms with Crippen LogP contribution in [-0.2, 0) is 10.9 Å². The van der Waals surface area contributed by atoms with Gasteiger partial charge >= 0.3 is 6.18 Å². The summed E-state index contributed by atoms with van der Waals surface area (Å²) in [5.74, 6) is 0. The van der Waals surface area contributed by atoms with Crippen LogP contribution in [0.1, 0.15) is 37.5 Å². The highest BCUT2D eigenvalue weighted by atomic mass is 19.4. The lowest BCUT2D eigenvalue weighted by Gasteiger charge is -2.27. The van der Waals surface area contributed by atoms with Crippen molar-refractivity contribution in [2.24, 2.45) is 0 Å². The van der Waals surface area contributed by atoms with Gasteiger partial charge in [-0.15, -0.1) is 0 Å². The number of hydrogen-bond acceptors (Lipinski definition) is 2. The lowest BCUT2D eigenvalue weighted by molar-refractivity contribution is -0.139. The molecule has 0 fully saturated rings. The van der Waals surface area contributed by atoms with Crippen LogP contribution < -0.4 is 0 Å². The van der Waals surface area contributed by atoms with E-state index in [9.17, 15) is 18.3 Å². The second kappa shape index (κ2) is 5.28. The average molecular weight is 262 g/mol. The van der Waals surface area contributed by atoms with Gasteiger partial charge < -0.3 is 9.84 Å². The molecular weight excluding hydrogens is 245 g/mol. The lowest BCUT2D eigenvalue weighted by atomic mass is 9.93. The van der Waals surface area contributed by atoms with Gasteiger partial charge in [-0.25, -0.2) is 0 Å². The molecule has 0 radical (unpaired) electrons. The summed E-state index contributed by atoms with van der Waals surface area (Å²) in [6, 6.07) is 5.05. The fourth-order valence-electron chi connectivity index (χ4n) is 1.70. The summed E-state index contributed by atoms with van der Waals surface area (Å²) in [7, 11) is 1.46. The highest BCUT2D eigenvalue weighted by Gasteiger charge is 2.35. The van der Waals surface area contributed by atoms with Gasteiger partial charge in [0.2, 0.25) is 0 Å². The number of rotatable bonds is 4. The summed E-state index contributed by atoms with van der Waals surface area (Å²) in [5, 5.41) is 9.95. The van der Waals surface area contributed by atoms with E-state index in [4.69, 9.17) is 4.74 Å². The molecule has 0 saturated carbocycles. The molecule has 1 atom stereocenters. The largest absolute Gasteiger partial charge is 0.416 e. The van der Waals surface area contributed by atoms with E-state index in [2.05, 4.69) is 0 Å². The monoisotopic (exact) mass is 262 g/mol. The van der Waals surface area contributed by atoms with Crippen LogP contribution in [0.5, 0.6) is 0 Å². The van der Waals surface area contributed by atoms with Gasteiger partial charge in [0.15, 0.2) is 0 Å². The molecule has 0 aromatic heterocycles. The van der Waals surface area contributed by atoms with E-state index in [1.54, 1.807) is 13.8 Å². The van der Waals surface area contributed by atoms with Crippen LogP contribution >= 0.6 is 0 Å². The average Bonchev–Trinajstić information content (AvgIpc) is 2.27. The van der Waals surface area contributed by atoms with Crippen LogP contribution in [-0.4, -0.2) is 17.8 Å². The molecular formula is C13H17F3O2. The van der Waals surface area contributed by atoms with E-state index in [0.717, 1.165) is 6.07 Å². The molecule has 1 aromatic carbocycles. The van der Waals surface area contributed by atoms with Crippen LogP contribution in [0.15, 0.2) is 24.3 Å². The van der Waals surface area contributed by atoms with Crippen molar-refractivity contribution in [1.29, 1.82) is 0 Å². The van der Waals surface area contributed by atoms with Crippen LogP contribution in [0.3, 0.4) is 0 Å². The van der Waals surface area contributed by atoms with Crippen LogP contribution in [0.25, 0.3) is 0 Å². The minimum atomic E-state index is -4.46. The van der Waals surface area contributed by atoms with Gasteiger partial charge in [0.05, 0.1) is 17.3 Å². The zero-order valence-electron chi connectivity index (χ0n) is 10.6. The fraction of sp³-hybridized carbons (Fsp3) is 0.538. The Hall–Kier alpha value is -1.07. The van der Waals surface area contributed by atoms with E-state index in [-0.39, 0.29) is 12.0 Å². The zero-order chi connectivity index (χ0) is 14.0. The minimum Gasteiger partial charge on any atom is -0.388 e. The molecule has 0 bridgehead atoms. The highest BCUT2D eigenvalue weighted by molar-refractivity contribution is 5.31. The quantitative estimate of drug-likeness (QED) is 0.899. The summed E-state index contributed by atoms with van der Waals surface area (Å²) >= 11 is 0. The Morgan fingerprint density at radius 1 is 1.22 bits per heavy atom. The molecule has 0 aliphatic heterocycles. The van der Waals surface area contributed by atoms with Crippen molar-refractivity contribution < 1.29 is 23.0 Å². The Bertz CT molecular complexity index is 399. The Morgan fingerprint density at radius 2 is 1.78 bits per heavy atom. The van der Waals surface area contributed by atoms with Crippen LogP contribution in [0, 0.1) is 0 Å². The Kier molecular flexibility index (Phi) is 4.40. The molecule has 1 N–H and O–H groups in total. The number of benzene rings is 1. The third kappa shape index (κ3) is 3.71. The van der Waals surface area contributed by atoms with Gasteiger partial charge in [0.25, 0.3) is 0 Å². The third-order valence-corrected chi connectivity index (χ3v) is 2.86. The topological polar surface area (TPSA) is 29.5 Å². The SMILES string of the molecule is COC(C)(C)CC(O)c1ccccc1C(F)(F)F. The fourth-order valence-corrected chi connectivity index (χ4v) is 1.70. The first-order valence-corrected chi connectivity index (χ1v) is 5.57. The minimum absolute atomic E-state index is 0.0938. The lowest BCUT2D eigenvalue weighted by Crippen LogP contribution is -2.26. The Morgan fingerprint density at radius 3 is 2.28 bits per heavy atom. The summed E-state index contributed by atoms with van der Waals surface area (Å²) < 4.78 is 43.5. The molecule has 1 aromatic rings. The first-order valence-electron chi connectivity index (χ1n) is 5.57. The van der Waals surface area contributed by atoms with Crippen molar-refractivity contribution in [2.45, 2.75) is 38.1 Å². The second-order valence-corrected chi connectivity index (χ2v) is 4.77. The number of halogens is 3. The molecule has 0 heterocycles. The first kappa shape index (κ1) is 15.0. The normalized spacial score (nSPS) is 14.6. The number of aliphatic hydroxyl groups is 1. The molecule has 1 rings (SSSR count).